The van der Waals surface area contributed by atoms with Gasteiger partial charge in [-0.25, -0.2) is 9.78 Å². The van der Waals surface area contributed by atoms with Crippen molar-refractivity contribution >= 4 is 40.5 Å². The molecule has 7 nitrogen and oxygen atoms in total. The minimum atomic E-state index is -0.678. The fraction of sp³-hybridized carbons (Fsp3) is 0.143. The molecule has 2 aromatic carbocycles. The molecule has 28 heavy (non-hydrogen) atoms. The first-order valence-electron chi connectivity index (χ1n) is 8.68. The summed E-state index contributed by atoms with van der Waals surface area (Å²) < 4.78 is 10.4. The monoisotopic (exact) mass is 378 g/mol. The number of hydrogen-bond acceptors (Lipinski definition) is 6. The Morgan fingerprint density at radius 3 is 2.57 bits per heavy atom. The summed E-state index contributed by atoms with van der Waals surface area (Å²) in [6.07, 6.45) is 2.91. The minimum absolute atomic E-state index is 0.112. The first-order valence-corrected chi connectivity index (χ1v) is 8.68. The highest BCUT2D eigenvalue weighted by atomic mass is 16.5. The quantitative estimate of drug-likeness (QED) is 0.383. The largest absolute Gasteiger partial charge is 0.454 e. The Labute approximate surface area is 161 Å². The van der Waals surface area contributed by atoms with E-state index in [4.69, 9.17) is 9.15 Å². The fourth-order valence-electron chi connectivity index (χ4n) is 2.36. The topological polar surface area (TPSA) is 98.5 Å². The van der Waals surface area contributed by atoms with Crippen LogP contribution in [0.1, 0.15) is 29.6 Å². The van der Waals surface area contributed by atoms with E-state index >= 15 is 0 Å². The van der Waals surface area contributed by atoms with Crippen LogP contribution in [-0.2, 0) is 14.3 Å². The van der Waals surface area contributed by atoms with Gasteiger partial charge in [0.2, 0.25) is 11.8 Å². The van der Waals surface area contributed by atoms with E-state index in [1.54, 1.807) is 43.3 Å². The standard InChI is InChI=1S/C21H18N2O5/c1-2-19(25)22-15-9-7-14(8-10-15)17(24)13-27-21(26)12-11-20-23-16-5-3-4-6-18(16)28-20/h3-12H,2,13H2,1H3,(H,22,25)/b12-11+. The number of ketones is 1. The van der Waals surface area contributed by atoms with Crippen molar-refractivity contribution in [3.63, 3.8) is 0 Å². The van der Waals surface area contributed by atoms with Gasteiger partial charge in [-0.05, 0) is 36.4 Å². The molecular formula is C21H18N2O5. The maximum atomic E-state index is 12.1. The summed E-state index contributed by atoms with van der Waals surface area (Å²) >= 11 is 0. The number of benzene rings is 2. The molecule has 1 aromatic heterocycles. The number of rotatable bonds is 7. The van der Waals surface area contributed by atoms with E-state index in [2.05, 4.69) is 10.3 Å². The van der Waals surface area contributed by atoms with Crippen LogP contribution in [-0.4, -0.2) is 29.3 Å². The van der Waals surface area contributed by atoms with E-state index in [0.717, 1.165) is 6.08 Å². The van der Waals surface area contributed by atoms with Gasteiger partial charge in [0.15, 0.2) is 18.0 Å². The minimum Gasteiger partial charge on any atom is -0.454 e. The zero-order chi connectivity index (χ0) is 19.9. The number of ether oxygens (including phenoxy) is 1. The number of aromatic nitrogens is 1. The molecule has 0 unspecified atom stereocenters. The lowest BCUT2D eigenvalue weighted by Crippen LogP contribution is -2.13. The van der Waals surface area contributed by atoms with Crippen LogP contribution in [0.25, 0.3) is 17.2 Å². The predicted octanol–water partition coefficient (Wildman–Crippen LogP) is 3.62. The number of nitrogens with one attached hydrogen (secondary N) is 1. The SMILES string of the molecule is CCC(=O)Nc1ccc(C(=O)COC(=O)/C=C/c2nc3ccccc3o2)cc1. The third kappa shape index (κ3) is 4.91. The van der Waals surface area contributed by atoms with Gasteiger partial charge < -0.3 is 14.5 Å². The van der Waals surface area contributed by atoms with E-state index in [9.17, 15) is 14.4 Å². The highest BCUT2D eigenvalue weighted by molar-refractivity contribution is 5.99. The molecule has 0 atom stereocenters. The van der Waals surface area contributed by atoms with Crippen LogP contribution in [0, 0.1) is 0 Å². The molecule has 0 aliphatic heterocycles. The van der Waals surface area contributed by atoms with Crippen molar-refractivity contribution in [2.24, 2.45) is 0 Å². The fourth-order valence-corrected chi connectivity index (χ4v) is 2.36. The van der Waals surface area contributed by atoms with Crippen LogP contribution >= 0.6 is 0 Å². The third-order valence-electron chi connectivity index (χ3n) is 3.83. The Balaban J connectivity index is 1.52. The second kappa shape index (κ2) is 8.77. The highest BCUT2D eigenvalue weighted by Gasteiger charge is 2.09. The summed E-state index contributed by atoms with van der Waals surface area (Å²) in [5.74, 6) is -0.868. The number of carbonyl (C=O) groups is 3. The molecule has 0 aliphatic carbocycles. The molecular weight excluding hydrogens is 360 g/mol. The molecule has 1 heterocycles. The number of fused-ring (bicyclic) bond motifs is 1. The molecule has 0 bridgehead atoms. The molecule has 3 rings (SSSR count). The normalized spacial score (nSPS) is 10.9. The van der Waals surface area contributed by atoms with Gasteiger partial charge in [0.1, 0.15) is 5.52 Å². The average Bonchev–Trinajstić information content (AvgIpc) is 3.14. The molecule has 0 aliphatic rings. The first kappa shape index (κ1) is 19.0. The van der Waals surface area contributed by atoms with Gasteiger partial charge in [-0.3, -0.25) is 9.59 Å². The summed E-state index contributed by atoms with van der Waals surface area (Å²) in [7, 11) is 0. The summed E-state index contributed by atoms with van der Waals surface area (Å²) in [6.45, 7) is 1.36. The second-order valence-electron chi connectivity index (χ2n) is 5.86. The molecule has 0 radical (unpaired) electrons. The van der Waals surface area contributed by atoms with Crippen LogP contribution < -0.4 is 5.32 Å². The maximum Gasteiger partial charge on any atom is 0.331 e. The number of oxazole rings is 1. The summed E-state index contributed by atoms with van der Waals surface area (Å²) in [4.78, 5) is 39.5. The second-order valence-corrected chi connectivity index (χ2v) is 5.86. The Morgan fingerprint density at radius 2 is 1.86 bits per heavy atom. The molecule has 1 N–H and O–H groups in total. The third-order valence-corrected chi connectivity index (χ3v) is 3.83. The zero-order valence-corrected chi connectivity index (χ0v) is 15.2. The zero-order valence-electron chi connectivity index (χ0n) is 15.2. The van der Waals surface area contributed by atoms with E-state index in [1.165, 1.54) is 6.08 Å². The lowest BCUT2D eigenvalue weighted by atomic mass is 10.1. The molecule has 0 fully saturated rings. The van der Waals surface area contributed by atoms with Gasteiger partial charge in [-0.1, -0.05) is 19.1 Å². The smallest absolute Gasteiger partial charge is 0.331 e. The van der Waals surface area contributed by atoms with Crippen molar-refractivity contribution < 1.29 is 23.5 Å². The number of amides is 1. The van der Waals surface area contributed by atoms with Crippen molar-refractivity contribution in [1.82, 2.24) is 4.98 Å². The van der Waals surface area contributed by atoms with Crippen molar-refractivity contribution in [2.75, 3.05) is 11.9 Å². The number of esters is 1. The number of para-hydroxylation sites is 2. The number of anilines is 1. The van der Waals surface area contributed by atoms with Gasteiger partial charge in [0.25, 0.3) is 0 Å². The summed E-state index contributed by atoms with van der Waals surface area (Å²) in [5, 5.41) is 2.69. The van der Waals surface area contributed by atoms with Crippen LogP contribution in [0.5, 0.6) is 0 Å². The number of hydrogen-bond donors (Lipinski definition) is 1. The van der Waals surface area contributed by atoms with Crippen molar-refractivity contribution in [1.29, 1.82) is 0 Å². The average molecular weight is 378 g/mol. The van der Waals surface area contributed by atoms with Crippen LogP contribution in [0.3, 0.4) is 0 Å². The highest BCUT2D eigenvalue weighted by Crippen LogP contribution is 2.15. The number of carbonyl (C=O) groups excluding carboxylic acids is 3. The van der Waals surface area contributed by atoms with Gasteiger partial charge in [-0.15, -0.1) is 0 Å². The summed E-state index contributed by atoms with van der Waals surface area (Å²) in [5.41, 5.74) is 2.28. The lowest BCUT2D eigenvalue weighted by molar-refractivity contribution is -0.136. The Bertz CT molecular complexity index is 1000. The molecule has 3 aromatic rings. The maximum absolute atomic E-state index is 12.1. The van der Waals surface area contributed by atoms with Gasteiger partial charge in [0, 0.05) is 29.8 Å². The van der Waals surface area contributed by atoms with E-state index in [1.807, 2.05) is 12.1 Å². The Kier molecular flexibility index (Phi) is 5.96. The number of Topliss-reactive ketones (excluding diaryl/α,β-unsaturated/α-hetero) is 1. The molecule has 142 valence electrons. The molecule has 0 saturated carbocycles. The van der Waals surface area contributed by atoms with E-state index in [0.29, 0.717) is 28.8 Å². The van der Waals surface area contributed by atoms with Crippen molar-refractivity contribution in [3.8, 4) is 0 Å². The predicted molar refractivity (Wildman–Crippen MR) is 104 cm³/mol. The lowest BCUT2D eigenvalue weighted by Gasteiger charge is -2.05. The van der Waals surface area contributed by atoms with Crippen LogP contribution in [0.15, 0.2) is 59.0 Å². The molecule has 1 amide bonds. The first-order chi connectivity index (χ1) is 13.5. The van der Waals surface area contributed by atoms with Gasteiger partial charge in [0.05, 0.1) is 0 Å². The Hall–Kier alpha value is -3.74. The van der Waals surface area contributed by atoms with Gasteiger partial charge >= 0.3 is 5.97 Å². The molecule has 7 heteroatoms. The van der Waals surface area contributed by atoms with Crippen molar-refractivity contribution in [2.45, 2.75) is 13.3 Å². The Morgan fingerprint density at radius 1 is 1.11 bits per heavy atom. The molecule has 0 saturated heterocycles. The van der Waals surface area contributed by atoms with Crippen LogP contribution in [0.4, 0.5) is 5.69 Å². The van der Waals surface area contributed by atoms with Crippen molar-refractivity contribution in [3.05, 3.63) is 66.1 Å². The number of nitrogens with zero attached hydrogens (tertiary/aromatic N) is 1. The van der Waals surface area contributed by atoms with Gasteiger partial charge in [-0.2, -0.15) is 0 Å². The van der Waals surface area contributed by atoms with E-state index < -0.39 is 12.6 Å². The van der Waals surface area contributed by atoms with E-state index in [-0.39, 0.29) is 17.6 Å². The van der Waals surface area contributed by atoms with Crippen LogP contribution in [0.2, 0.25) is 0 Å². The summed E-state index contributed by atoms with van der Waals surface area (Å²) in [6, 6.07) is 13.6. The molecule has 0 spiro atoms.